The summed E-state index contributed by atoms with van der Waals surface area (Å²) in [6, 6.07) is 71.2. The second-order valence-electron chi connectivity index (χ2n) is 35.8. The van der Waals surface area contributed by atoms with Crippen LogP contribution < -0.4 is 79.3 Å². The minimum absolute atomic E-state index is 0.0168. The number of nitrogens with two attached hydrogens (primary N) is 4. The number of benzene rings is 9. The van der Waals surface area contributed by atoms with Crippen molar-refractivity contribution < 1.29 is 38.1 Å². The first kappa shape index (κ1) is 98.5. The molecule has 0 radical (unpaired) electrons. The SMILES string of the molecule is C=CC(=O)N(C)c1cccc(-n2c(=O)n(-c3ccc(OC4CC4)cc3)c3c(N)ncnc32)c1.CCCCC(=O)N(C)c1cccc(-n2c(=O)n(-c3ccc(Oc4ccccc4)cc3)c3c(N)ncnc32)c1.CN(C)C/C=C/C(=O)N(C)c1cccc(-n2c(=O)n(-c3ccc(OC4CC4)cc3)c3c(N)ncnc32)c1.N#C/C(=C\C1CC1)C(=O)N1CCC(n2c(=O)n(-c3ccc(Oc4ccccc4)cc3)c3c(N)ncnc32)CC1. The maximum Gasteiger partial charge on any atom is 0.339 e. The van der Waals surface area contributed by atoms with E-state index in [1.807, 2.05) is 159 Å². The molecule has 4 aliphatic rings. The number of allylic oxidation sites excluding steroid dienone is 1. The minimum atomic E-state index is -0.360. The van der Waals surface area contributed by atoms with Crippen LogP contribution in [0.2, 0.25) is 0 Å². The zero-order valence-corrected chi connectivity index (χ0v) is 81.5. The van der Waals surface area contributed by atoms with E-state index in [4.69, 9.17) is 41.9 Å². The average Bonchev–Trinajstić information content (AvgIpc) is 1.60. The van der Waals surface area contributed by atoms with Crippen LogP contribution in [0.5, 0.6) is 34.5 Å². The van der Waals surface area contributed by atoms with Crippen molar-refractivity contribution in [3.8, 4) is 80.4 Å². The Hall–Kier alpha value is -18.7. The van der Waals surface area contributed by atoms with E-state index in [2.05, 4.69) is 52.5 Å². The lowest BCUT2D eigenvalue weighted by Crippen LogP contribution is -2.41. The molecule has 3 aliphatic carbocycles. The van der Waals surface area contributed by atoms with Crippen LogP contribution in [0.25, 0.3) is 84.5 Å². The molecule has 0 bridgehead atoms. The second kappa shape index (κ2) is 43.4. The number of amides is 4. The van der Waals surface area contributed by atoms with Gasteiger partial charge in [0.2, 0.25) is 17.7 Å². The van der Waals surface area contributed by atoms with Gasteiger partial charge in [0.05, 0.1) is 52.0 Å². The smallest absolute Gasteiger partial charge is 0.339 e. The number of ether oxygens (including phenoxy) is 4. The highest BCUT2D eigenvalue weighted by molar-refractivity contribution is 6.02. The fourth-order valence-electron chi connectivity index (χ4n) is 17.1. The Morgan fingerprint density at radius 2 is 0.776 bits per heavy atom. The number of nitriles is 1. The van der Waals surface area contributed by atoms with E-state index in [-0.39, 0.29) is 93.5 Å². The number of para-hydroxylation sites is 2. The van der Waals surface area contributed by atoms with Gasteiger partial charge in [-0.1, -0.05) is 86.7 Å². The van der Waals surface area contributed by atoms with Crippen molar-refractivity contribution >= 4 is 109 Å². The first-order chi connectivity index (χ1) is 71.3. The molecule has 8 N–H and O–H groups in total. The highest BCUT2D eigenvalue weighted by Crippen LogP contribution is 2.38. The predicted octanol–water partition coefficient (Wildman–Crippen LogP) is 14.7. The Bertz CT molecular complexity index is 8170. The number of imidazole rings is 4. The van der Waals surface area contributed by atoms with Crippen LogP contribution in [0.3, 0.4) is 0 Å². The number of anilines is 7. The number of rotatable bonds is 28. The third kappa shape index (κ3) is 21.6. The van der Waals surface area contributed by atoms with Crippen LogP contribution in [-0.4, -0.2) is 177 Å². The van der Waals surface area contributed by atoms with Crippen LogP contribution in [0.4, 0.5) is 40.3 Å². The number of hydrogen-bond donors (Lipinski definition) is 4. The van der Waals surface area contributed by atoms with Crippen molar-refractivity contribution in [2.45, 2.75) is 95.8 Å². The number of piperidine rings is 1. The normalized spacial score (nSPS) is 13.5. The van der Waals surface area contributed by atoms with E-state index in [1.54, 1.807) is 145 Å². The third-order valence-corrected chi connectivity index (χ3v) is 25.2. The summed E-state index contributed by atoms with van der Waals surface area (Å²) in [6.07, 6.45) is 21.9. The molecule has 147 heavy (non-hydrogen) atoms. The number of hydrogen-bond acceptors (Lipinski definition) is 26. The Kier molecular flexibility index (Phi) is 29.1. The molecule has 21 rings (SSSR count). The Labute approximate surface area is 842 Å². The first-order valence-corrected chi connectivity index (χ1v) is 48.0. The van der Waals surface area contributed by atoms with Crippen molar-refractivity contribution in [2.75, 3.05) is 92.5 Å². The summed E-state index contributed by atoms with van der Waals surface area (Å²) in [4.78, 5) is 148. The van der Waals surface area contributed by atoms with Crippen molar-refractivity contribution in [1.82, 2.24) is 86.2 Å². The lowest BCUT2D eigenvalue weighted by atomic mass is 10.0. The second-order valence-corrected chi connectivity index (χ2v) is 35.8. The molecule has 9 heterocycles. The molecule has 3 saturated carbocycles. The molecule has 17 aromatic rings. The van der Waals surface area contributed by atoms with Crippen molar-refractivity contribution in [1.29, 1.82) is 5.26 Å². The fraction of sp³-hybridized carbons (Fsp3) is 0.220. The average molecular weight is 1970 g/mol. The van der Waals surface area contributed by atoms with E-state index in [0.717, 1.165) is 62.9 Å². The van der Waals surface area contributed by atoms with Gasteiger partial charge in [-0.05, 0) is 260 Å². The minimum Gasteiger partial charge on any atom is -0.490 e. The fourth-order valence-corrected chi connectivity index (χ4v) is 17.1. The van der Waals surface area contributed by atoms with Gasteiger partial charge in [0.15, 0.2) is 45.9 Å². The molecule has 38 heteroatoms. The number of fused-ring (bicyclic) bond motifs is 4. The van der Waals surface area contributed by atoms with Crippen LogP contribution in [0, 0.1) is 17.2 Å². The highest BCUT2D eigenvalue weighted by Gasteiger charge is 2.34. The number of carbonyl (C=O) groups excluding carboxylic acids is 4. The van der Waals surface area contributed by atoms with Gasteiger partial charge in [-0.25, -0.2) is 72.8 Å². The van der Waals surface area contributed by atoms with Gasteiger partial charge in [0, 0.05) is 76.4 Å². The Morgan fingerprint density at radius 1 is 0.415 bits per heavy atom. The molecule has 0 unspecified atom stereocenters. The summed E-state index contributed by atoms with van der Waals surface area (Å²) < 4.78 is 35.5. The van der Waals surface area contributed by atoms with Crippen LogP contribution >= 0.6 is 0 Å². The van der Waals surface area contributed by atoms with Crippen LogP contribution in [0.1, 0.15) is 83.6 Å². The van der Waals surface area contributed by atoms with E-state index in [9.17, 15) is 43.6 Å². The molecule has 0 spiro atoms. The first-order valence-electron chi connectivity index (χ1n) is 48.0. The molecule has 8 aromatic heterocycles. The highest BCUT2D eigenvalue weighted by atomic mass is 16.5. The summed E-state index contributed by atoms with van der Waals surface area (Å²) in [5.74, 6) is 4.65. The molecule has 0 atom stereocenters. The van der Waals surface area contributed by atoms with Gasteiger partial charge in [0.25, 0.3) is 5.91 Å². The van der Waals surface area contributed by atoms with Gasteiger partial charge in [0.1, 0.15) is 93.5 Å². The Morgan fingerprint density at radius 3 is 1.14 bits per heavy atom. The molecule has 9 aromatic carbocycles. The summed E-state index contributed by atoms with van der Waals surface area (Å²) in [5.41, 5.74) is 33.0. The predicted molar refractivity (Wildman–Crippen MR) is 563 cm³/mol. The maximum absolute atomic E-state index is 13.9. The van der Waals surface area contributed by atoms with E-state index >= 15 is 0 Å². The quantitative estimate of drug-likeness (QED) is 0.0261. The summed E-state index contributed by atoms with van der Waals surface area (Å²) in [5, 5.41) is 9.47. The zero-order chi connectivity index (χ0) is 103. The monoisotopic (exact) mass is 1970 g/mol. The lowest BCUT2D eigenvalue weighted by Gasteiger charge is -2.32. The van der Waals surface area contributed by atoms with E-state index < -0.39 is 0 Å². The largest absolute Gasteiger partial charge is 0.490 e. The molecular formula is C109H106N26O12. The van der Waals surface area contributed by atoms with Crippen molar-refractivity contribution in [3.05, 3.63) is 334 Å². The zero-order valence-electron chi connectivity index (χ0n) is 81.5. The summed E-state index contributed by atoms with van der Waals surface area (Å²) in [6.45, 7) is 7.12. The van der Waals surface area contributed by atoms with Crippen LogP contribution in [0.15, 0.2) is 311 Å². The molecule has 4 amide bonds. The van der Waals surface area contributed by atoms with Gasteiger partial charge in [-0.3, -0.25) is 42.0 Å². The number of nitrogens with zero attached hydrogens (tertiary/aromatic N) is 22. The number of likely N-dealkylation sites (tertiary alicyclic amines) is 1. The molecule has 4 fully saturated rings. The van der Waals surface area contributed by atoms with E-state index in [1.165, 1.54) is 79.2 Å². The van der Waals surface area contributed by atoms with Crippen LogP contribution in [-0.2, 0) is 19.2 Å². The number of aromatic nitrogens is 16. The third-order valence-electron chi connectivity index (χ3n) is 25.2. The number of carbonyl (C=O) groups is 4. The van der Waals surface area contributed by atoms with Gasteiger partial charge < -0.3 is 66.4 Å². The molecule has 1 aliphatic heterocycles. The van der Waals surface area contributed by atoms with Crippen molar-refractivity contribution in [3.63, 3.8) is 0 Å². The topological polar surface area (TPSA) is 460 Å². The standard InChI is InChI=1S/C29H27N7O3.C29H28N6O3.C27H29N7O3.C24H22N6O3/c30-17-20(16-19-6-7-19)28(37)34-14-12-22(13-15-34)36-27-25(26(31)32-18-33-27)35(29(36)38)21-8-10-24(11-9-21)39-23-4-2-1-3-5-23;1-3-4-13-25(36)33(2)21-9-8-10-22(18-21)35-28-26(27(30)31-19-32-28)34(29(35)37)20-14-16-24(17-15-20)38-23-11-6-5-7-12-23;1-31(2)15-5-8-23(35)32(3)19-6-4-7-20(16-19)34-26-24(25(28)29-17-30-26)33(27(34)36)18-9-11-21(12-10-18)37-22-13-14-22;1-3-20(31)28(2)16-5-4-6-17(13-16)30-23-21(22(25)26-14-27-23)29(24(30)32)15-7-9-18(10-8-15)33-19-11-12-19/h1-5,8-11,16,18-19,22H,6-7,12-15H2,(H2,31,32,33);5-12,14-19H,3-4,13H2,1-2H3,(H2,30,31,32);4-12,16-17,22H,13-15H2,1-3H3,(H2,28,29,30);3-10,13-14,19H,1,11-12H2,2H3,(H2,25,26,27)/b20-16+;;8-5+;. The number of nitrogen functional groups attached to an aromatic ring is 4. The Balaban J connectivity index is 0.000000129. The van der Waals surface area contributed by atoms with Gasteiger partial charge in [-0.15, -0.1) is 0 Å². The molecule has 1 saturated heterocycles. The number of likely N-dealkylation sites (N-methyl/N-ethyl adjacent to an activating group) is 3. The van der Waals surface area contributed by atoms with E-state index in [0.29, 0.717) is 169 Å². The van der Waals surface area contributed by atoms with Gasteiger partial charge >= 0.3 is 22.8 Å². The lowest BCUT2D eigenvalue weighted by molar-refractivity contribution is -0.128. The van der Waals surface area contributed by atoms with Crippen molar-refractivity contribution in [2.24, 2.45) is 5.92 Å². The number of unbranched alkanes of at least 4 members (excludes halogenated alkanes) is 1. The summed E-state index contributed by atoms with van der Waals surface area (Å²) in [7, 11) is 8.94. The summed E-state index contributed by atoms with van der Waals surface area (Å²) >= 11 is 0. The van der Waals surface area contributed by atoms with Gasteiger partial charge in [-0.2, -0.15) is 5.26 Å². The maximum atomic E-state index is 13.9. The molecular weight excluding hydrogens is 1870 g/mol. The molecule has 38 nitrogen and oxygen atoms in total. The molecule has 744 valence electrons.